The molecule has 8 unspecified atom stereocenters. The number of aryl methyl sites for hydroxylation is 4. The van der Waals surface area contributed by atoms with E-state index in [1.54, 1.807) is 24.3 Å². The number of aliphatic hydroxyl groups excluding tert-OH is 1. The van der Waals surface area contributed by atoms with Crippen LogP contribution in [-0.4, -0.2) is 121 Å². The number of hydrogen-bond donors (Lipinski definition) is 3. The number of aliphatic hydroxyl groups is 1. The van der Waals surface area contributed by atoms with Gasteiger partial charge in [-0.2, -0.15) is 0 Å². The minimum atomic E-state index is -2.53. The number of rotatable bonds is 16. The van der Waals surface area contributed by atoms with Crippen molar-refractivity contribution in [3.05, 3.63) is 135 Å². The molecular formula is C55H78N4O17Si2. The van der Waals surface area contributed by atoms with Gasteiger partial charge in [-0.05, 0) is 142 Å². The lowest BCUT2D eigenvalue weighted by atomic mass is 10.0. The van der Waals surface area contributed by atoms with Crippen molar-refractivity contribution in [2.45, 2.75) is 182 Å². The number of aromatic amines is 2. The maximum atomic E-state index is 12.9. The first-order chi connectivity index (χ1) is 36.1. The number of aromatic nitrogens is 4. The van der Waals surface area contributed by atoms with E-state index in [0.29, 0.717) is 17.5 Å². The van der Waals surface area contributed by atoms with Crippen molar-refractivity contribution in [2.75, 3.05) is 19.8 Å². The van der Waals surface area contributed by atoms with Crippen molar-refractivity contribution >= 4 is 40.5 Å². The highest BCUT2D eigenvalue weighted by atomic mass is 28.4. The van der Waals surface area contributed by atoms with Crippen LogP contribution in [0.3, 0.4) is 0 Å². The molecule has 0 spiro atoms. The minimum Gasteiger partial charge on any atom is -0.454 e. The first-order valence-corrected chi connectivity index (χ1v) is 31.7. The minimum absolute atomic E-state index is 0.188. The Bertz CT molecular complexity index is 2840. The van der Waals surface area contributed by atoms with Crippen molar-refractivity contribution in [3.63, 3.8) is 0 Å². The molecule has 6 rings (SSSR count). The molecule has 2 aliphatic rings. The predicted molar refractivity (Wildman–Crippen MR) is 294 cm³/mol. The molecular weight excluding hydrogens is 1040 g/mol. The van der Waals surface area contributed by atoms with Gasteiger partial charge >= 0.3 is 35.3 Å². The van der Waals surface area contributed by atoms with E-state index in [1.165, 1.54) is 23.0 Å². The average molecular weight is 1120 g/mol. The lowest BCUT2D eigenvalue weighted by molar-refractivity contribution is -0.160. The second-order valence-corrected chi connectivity index (χ2v) is 32.5. The molecule has 2 aliphatic heterocycles. The molecule has 78 heavy (non-hydrogen) atoms. The summed E-state index contributed by atoms with van der Waals surface area (Å²) < 4.78 is 49.7. The summed E-state index contributed by atoms with van der Waals surface area (Å²) in [6.07, 6.45) is -4.41. The van der Waals surface area contributed by atoms with Gasteiger partial charge in [0, 0.05) is 24.5 Å². The summed E-state index contributed by atoms with van der Waals surface area (Å²) in [5.41, 5.74) is 4.06. The van der Waals surface area contributed by atoms with Crippen molar-refractivity contribution < 1.29 is 61.6 Å². The predicted octanol–water partition coefficient (Wildman–Crippen LogP) is 6.44. The summed E-state index contributed by atoms with van der Waals surface area (Å²) in [6.45, 7) is 31.9. The highest BCUT2D eigenvalue weighted by Gasteiger charge is 2.54. The van der Waals surface area contributed by atoms with Crippen LogP contribution in [0.1, 0.15) is 121 Å². The Morgan fingerprint density at radius 2 is 0.910 bits per heavy atom. The molecule has 2 fully saturated rings. The van der Waals surface area contributed by atoms with E-state index in [0.717, 1.165) is 44.0 Å². The van der Waals surface area contributed by atoms with Gasteiger partial charge in [0.05, 0.1) is 23.8 Å². The molecule has 428 valence electrons. The van der Waals surface area contributed by atoms with Gasteiger partial charge in [0.15, 0.2) is 54.5 Å². The van der Waals surface area contributed by atoms with Gasteiger partial charge in [0.2, 0.25) is 0 Å². The van der Waals surface area contributed by atoms with Crippen LogP contribution in [0.5, 0.6) is 0 Å². The summed E-state index contributed by atoms with van der Waals surface area (Å²) in [6, 6.07) is 9.22. The molecule has 2 saturated heterocycles. The summed E-state index contributed by atoms with van der Waals surface area (Å²) in [5.74, 6) is -2.92. The lowest BCUT2D eigenvalue weighted by Crippen LogP contribution is -2.51. The number of nitrogens with zero attached hydrogens (tertiary/aromatic N) is 2. The van der Waals surface area contributed by atoms with Crippen LogP contribution in [0.2, 0.25) is 36.3 Å². The molecule has 0 bridgehead atoms. The summed E-state index contributed by atoms with van der Waals surface area (Å²) in [5, 5.41) is 9.61. The van der Waals surface area contributed by atoms with Crippen molar-refractivity contribution in [1.29, 1.82) is 0 Å². The second kappa shape index (κ2) is 24.9. The maximum absolute atomic E-state index is 12.9. The van der Waals surface area contributed by atoms with Crippen LogP contribution in [0, 0.1) is 41.5 Å². The van der Waals surface area contributed by atoms with E-state index in [1.807, 2.05) is 95.4 Å². The normalized spacial score (nSPS) is 21.6. The number of ether oxygens (including phenoxy) is 6. The molecule has 4 aromatic rings. The summed E-state index contributed by atoms with van der Waals surface area (Å²) in [4.78, 5) is 104. The number of carbonyl (C=O) groups excluding carboxylic acids is 4. The Kier molecular flexibility index (Phi) is 20.1. The second-order valence-electron chi connectivity index (χ2n) is 23.0. The zero-order valence-corrected chi connectivity index (χ0v) is 49.9. The van der Waals surface area contributed by atoms with E-state index < -0.39 is 132 Å². The largest absolute Gasteiger partial charge is 0.454 e. The molecule has 2 aromatic heterocycles. The SMILES string of the molecule is CCC1OC(n2ccc(=O)[nH]c2=O)C(O[Si](C)(C)C(C)(C)C)C1OC(=O)COC(=O)c1cc(C)c(C)c(C)c1.Cc1cc(C(=O)OCC(=O)OC2C(CO)OC(n3ccc(=O)[nH]c3=O)C2O[Si](C)(C)C(C)(C)C)cc(C)c1C. The van der Waals surface area contributed by atoms with Crippen LogP contribution in [0.15, 0.2) is 68.0 Å². The summed E-state index contributed by atoms with van der Waals surface area (Å²) >= 11 is 0. The zero-order chi connectivity index (χ0) is 58.6. The highest BCUT2D eigenvalue weighted by Crippen LogP contribution is 2.44. The van der Waals surface area contributed by atoms with E-state index in [2.05, 4.69) is 30.7 Å². The van der Waals surface area contributed by atoms with Crippen molar-refractivity contribution in [3.8, 4) is 0 Å². The van der Waals surface area contributed by atoms with Crippen molar-refractivity contribution in [2.24, 2.45) is 0 Å². The van der Waals surface area contributed by atoms with Crippen molar-refractivity contribution in [1.82, 2.24) is 19.1 Å². The van der Waals surface area contributed by atoms with Gasteiger partial charge in [-0.3, -0.25) is 28.7 Å². The molecule has 3 N–H and O–H groups in total. The molecule has 0 saturated carbocycles. The van der Waals surface area contributed by atoms with Crippen LogP contribution in [0.4, 0.5) is 0 Å². The molecule has 0 aliphatic carbocycles. The molecule has 4 heterocycles. The number of carbonyl (C=O) groups is 4. The molecule has 8 atom stereocenters. The van der Waals surface area contributed by atoms with Gasteiger partial charge in [-0.25, -0.2) is 28.8 Å². The van der Waals surface area contributed by atoms with Gasteiger partial charge in [-0.1, -0.05) is 48.5 Å². The Labute approximate surface area is 456 Å². The third-order valence-electron chi connectivity index (χ3n) is 15.4. The lowest BCUT2D eigenvalue weighted by Gasteiger charge is -2.40. The topological polar surface area (TPSA) is 272 Å². The highest BCUT2D eigenvalue weighted by molar-refractivity contribution is 6.74. The fourth-order valence-electron chi connectivity index (χ4n) is 8.26. The first kappa shape index (κ1) is 62.8. The Morgan fingerprint density at radius 3 is 1.22 bits per heavy atom. The average Bonchev–Trinajstić information content (AvgIpc) is 3.84. The number of benzene rings is 2. The number of nitrogens with one attached hydrogen (secondary N) is 2. The third kappa shape index (κ3) is 14.8. The number of H-pyrrole nitrogens is 2. The van der Waals surface area contributed by atoms with Gasteiger partial charge < -0.3 is 42.4 Å². The molecule has 0 radical (unpaired) electrons. The van der Waals surface area contributed by atoms with Crippen LogP contribution < -0.4 is 22.5 Å². The molecule has 21 nitrogen and oxygen atoms in total. The van der Waals surface area contributed by atoms with Gasteiger partial charge in [0.1, 0.15) is 18.3 Å². The van der Waals surface area contributed by atoms with E-state index >= 15 is 0 Å². The fourth-order valence-corrected chi connectivity index (χ4v) is 10.8. The Balaban J connectivity index is 0.000000287. The standard InChI is InChI=1S/C28H40N2O8Si.C27H38N2O9Si/c1-10-20-23(37-22(32)15-35-26(33)19-13-16(2)18(4)17(3)14-19)24(38-39(8,9)28(5,6)7)25(36-20)30-12-11-21(31)29-27(30)34;1-15-11-18(12-16(2)17(15)3)25(33)35-14-21(32)37-22-19(13-30)36-24(29-10-9-20(31)28-26(29)34)23(22)38-39(7,8)27(4,5)6/h11-14,20,23-25H,10,15H2,1-9H3,(H,29,31,34);9-12,19,22-24,30H,13-14H2,1-8H3,(H,28,31,34). The smallest absolute Gasteiger partial charge is 0.344 e. The zero-order valence-electron chi connectivity index (χ0n) is 47.9. The van der Waals surface area contributed by atoms with Crippen LogP contribution in [-0.2, 0) is 46.9 Å². The molecule has 0 amide bonds. The summed E-state index contributed by atoms with van der Waals surface area (Å²) in [7, 11) is -4.98. The number of esters is 4. The third-order valence-corrected chi connectivity index (χ3v) is 24.3. The molecule has 23 heteroatoms. The maximum Gasteiger partial charge on any atom is 0.344 e. The fraction of sp³-hybridized carbons (Fsp3) is 0.564. The quantitative estimate of drug-likeness (QED) is 0.0619. The van der Waals surface area contributed by atoms with Crippen LogP contribution in [0.25, 0.3) is 0 Å². The number of hydrogen-bond acceptors (Lipinski definition) is 17. The van der Waals surface area contributed by atoms with Crippen LogP contribution >= 0.6 is 0 Å². The monoisotopic (exact) mass is 1120 g/mol. The Morgan fingerprint density at radius 1 is 0.577 bits per heavy atom. The first-order valence-electron chi connectivity index (χ1n) is 25.9. The molecule has 2 aromatic carbocycles. The van der Waals surface area contributed by atoms with Gasteiger partial charge in [0.25, 0.3) is 11.1 Å². The van der Waals surface area contributed by atoms with E-state index in [4.69, 9.17) is 37.3 Å². The van der Waals surface area contributed by atoms with E-state index in [-0.39, 0.29) is 10.1 Å². The van der Waals surface area contributed by atoms with E-state index in [9.17, 15) is 43.5 Å². The Hall–Kier alpha value is -6.09. The van der Waals surface area contributed by atoms with Gasteiger partial charge in [-0.15, -0.1) is 0 Å².